The number of hydrogen-bond acceptors (Lipinski definition) is 11. The van der Waals surface area contributed by atoms with Crippen LogP contribution < -0.4 is 0 Å². The Morgan fingerprint density at radius 3 is 2.05 bits per heavy atom. The molecule has 0 unspecified atom stereocenters. The number of carbonyl (C=O) groups is 4. The quantitative estimate of drug-likeness (QED) is 0.449. The van der Waals surface area contributed by atoms with Gasteiger partial charge in [0, 0.05) is 33.1 Å². The number of fused-ring (bicyclic) bond motifs is 1. The summed E-state index contributed by atoms with van der Waals surface area (Å²) in [7, 11) is 0. The lowest BCUT2D eigenvalue weighted by atomic mass is 9.47. The van der Waals surface area contributed by atoms with E-state index < -0.39 is 76.4 Å². The van der Waals surface area contributed by atoms with Crippen LogP contribution in [0.4, 0.5) is 0 Å². The van der Waals surface area contributed by atoms with Crippen molar-refractivity contribution in [2.24, 2.45) is 11.3 Å². The van der Waals surface area contributed by atoms with E-state index in [4.69, 9.17) is 28.1 Å². The first-order valence-corrected chi connectivity index (χ1v) is 12.3. The third-order valence-corrected chi connectivity index (χ3v) is 8.22. The summed E-state index contributed by atoms with van der Waals surface area (Å²) in [5.74, 6) is -3.25. The van der Waals surface area contributed by atoms with Crippen LogP contribution in [0, 0.1) is 11.3 Å². The molecule has 0 amide bonds. The number of carbonyl (C=O) groups excluding carboxylic acids is 4. The van der Waals surface area contributed by atoms with E-state index in [1.165, 1.54) is 46.1 Å². The van der Waals surface area contributed by atoms with Crippen LogP contribution in [-0.4, -0.2) is 70.2 Å². The maximum absolute atomic E-state index is 13.1. The minimum Gasteiger partial charge on any atom is -0.459 e. The Hall–Kier alpha value is -2.92. The zero-order valence-electron chi connectivity index (χ0n) is 22.1. The summed E-state index contributed by atoms with van der Waals surface area (Å²) in [5.41, 5.74) is -6.01. The van der Waals surface area contributed by atoms with Crippen molar-refractivity contribution in [3.8, 4) is 0 Å². The van der Waals surface area contributed by atoms with Crippen LogP contribution in [-0.2, 0) is 38.1 Å². The molecule has 2 bridgehead atoms. The Labute approximate surface area is 214 Å². The lowest BCUT2D eigenvalue weighted by Gasteiger charge is -2.65. The molecular weight excluding hydrogens is 488 g/mol. The first-order valence-electron chi connectivity index (χ1n) is 12.3. The average molecular weight is 523 g/mol. The van der Waals surface area contributed by atoms with Crippen molar-refractivity contribution >= 4 is 23.9 Å². The highest BCUT2D eigenvalue weighted by Gasteiger charge is 2.84. The van der Waals surface area contributed by atoms with Gasteiger partial charge in [-0.05, 0) is 46.2 Å². The van der Waals surface area contributed by atoms with E-state index in [1.807, 2.05) is 0 Å². The topological polar surface area (TPSA) is 148 Å². The van der Waals surface area contributed by atoms with Crippen LogP contribution in [0.2, 0.25) is 0 Å². The Kier molecular flexibility index (Phi) is 6.48. The summed E-state index contributed by atoms with van der Waals surface area (Å²) >= 11 is 0. The summed E-state index contributed by atoms with van der Waals surface area (Å²) in [6.07, 6.45) is -3.09. The average Bonchev–Trinajstić information content (AvgIpc) is 3.33. The van der Waals surface area contributed by atoms with Crippen molar-refractivity contribution < 1.29 is 52.4 Å². The second kappa shape index (κ2) is 8.83. The van der Waals surface area contributed by atoms with Crippen molar-refractivity contribution in [2.75, 3.05) is 0 Å². The second-order valence-electron chi connectivity index (χ2n) is 11.1. The van der Waals surface area contributed by atoms with Crippen LogP contribution in [0.1, 0.15) is 71.9 Å². The first-order chi connectivity index (χ1) is 17.1. The summed E-state index contributed by atoms with van der Waals surface area (Å²) < 4.78 is 35.1. The molecule has 2 aliphatic carbocycles. The first kappa shape index (κ1) is 27.1. The van der Waals surface area contributed by atoms with Gasteiger partial charge in [0.1, 0.15) is 23.9 Å². The van der Waals surface area contributed by atoms with Gasteiger partial charge in [0.25, 0.3) is 0 Å². The maximum atomic E-state index is 13.1. The summed E-state index contributed by atoms with van der Waals surface area (Å²) in [4.78, 5) is 49.8. The van der Waals surface area contributed by atoms with Crippen molar-refractivity contribution in [1.82, 2.24) is 0 Å². The molecule has 1 aliphatic heterocycles. The zero-order valence-corrected chi connectivity index (χ0v) is 22.1. The van der Waals surface area contributed by atoms with E-state index in [0.717, 1.165) is 0 Å². The van der Waals surface area contributed by atoms with Crippen LogP contribution >= 0.6 is 0 Å². The van der Waals surface area contributed by atoms with Crippen molar-refractivity contribution in [3.05, 3.63) is 24.2 Å². The van der Waals surface area contributed by atoms with Gasteiger partial charge in [0.05, 0.1) is 22.9 Å². The molecular formula is C26H34O11. The standard InChI is InChI=1S/C26H34O11/c1-13(27)33-18-12-24(6,31)26-20(34-14(2)28)16(23(4,5)37-26)11-19(25(26,7)21(18)35-15(3)29)36-22(30)17-9-8-10-32-17/h8-10,16,18-21,31H,11-12H2,1-7H3/t16-,18+,19+,20-,21+,24+,25-,26+/m1/s1. The lowest BCUT2D eigenvalue weighted by Crippen LogP contribution is -2.81. The predicted octanol–water partition coefficient (Wildman–Crippen LogP) is 2.33. The highest BCUT2D eigenvalue weighted by atomic mass is 16.6. The highest BCUT2D eigenvalue weighted by Crippen LogP contribution is 2.68. The number of aliphatic hydroxyl groups is 1. The fourth-order valence-corrected chi connectivity index (χ4v) is 6.95. The van der Waals surface area contributed by atoms with E-state index in [2.05, 4.69) is 0 Å². The van der Waals surface area contributed by atoms with Gasteiger partial charge in [-0.2, -0.15) is 0 Å². The molecule has 0 radical (unpaired) electrons. The number of rotatable bonds is 5. The Morgan fingerprint density at radius 2 is 1.51 bits per heavy atom. The summed E-state index contributed by atoms with van der Waals surface area (Å²) in [6, 6.07) is 2.99. The third-order valence-electron chi connectivity index (χ3n) is 8.22. The van der Waals surface area contributed by atoms with Gasteiger partial charge in [-0.15, -0.1) is 0 Å². The molecule has 204 valence electrons. The van der Waals surface area contributed by atoms with E-state index >= 15 is 0 Å². The molecule has 3 aliphatic rings. The molecule has 2 heterocycles. The van der Waals surface area contributed by atoms with Gasteiger partial charge in [-0.3, -0.25) is 14.4 Å². The Balaban J connectivity index is 1.96. The molecule has 4 rings (SSSR count). The van der Waals surface area contributed by atoms with Crippen LogP contribution in [0.15, 0.2) is 22.8 Å². The number of esters is 4. The molecule has 1 saturated heterocycles. The van der Waals surface area contributed by atoms with E-state index in [1.54, 1.807) is 20.8 Å². The maximum Gasteiger partial charge on any atom is 0.374 e. The molecule has 8 atom stereocenters. The van der Waals surface area contributed by atoms with Gasteiger partial charge in [0.15, 0.2) is 6.10 Å². The number of ether oxygens (including phenoxy) is 5. The molecule has 37 heavy (non-hydrogen) atoms. The van der Waals surface area contributed by atoms with Gasteiger partial charge in [-0.1, -0.05) is 0 Å². The van der Waals surface area contributed by atoms with Gasteiger partial charge in [-0.25, -0.2) is 4.79 Å². The molecule has 2 saturated carbocycles. The van der Waals surface area contributed by atoms with Gasteiger partial charge in [0.2, 0.25) is 5.76 Å². The zero-order chi connectivity index (χ0) is 27.6. The Morgan fingerprint density at radius 1 is 0.919 bits per heavy atom. The number of furan rings is 1. The summed E-state index contributed by atoms with van der Waals surface area (Å²) in [5, 5.41) is 12.1. The van der Waals surface area contributed by atoms with Gasteiger partial charge >= 0.3 is 23.9 Å². The van der Waals surface area contributed by atoms with Gasteiger partial charge < -0.3 is 33.2 Å². The highest BCUT2D eigenvalue weighted by molar-refractivity contribution is 5.86. The molecule has 1 spiro atoms. The second-order valence-corrected chi connectivity index (χ2v) is 11.1. The molecule has 1 N–H and O–H groups in total. The Bertz CT molecular complexity index is 1090. The fourth-order valence-electron chi connectivity index (χ4n) is 6.95. The monoisotopic (exact) mass is 522 g/mol. The van der Waals surface area contributed by atoms with E-state index in [9.17, 15) is 24.3 Å². The van der Waals surface area contributed by atoms with Crippen LogP contribution in [0.5, 0.6) is 0 Å². The molecule has 1 aromatic heterocycles. The molecule has 3 fully saturated rings. The van der Waals surface area contributed by atoms with Crippen molar-refractivity contribution in [2.45, 2.75) is 103 Å². The van der Waals surface area contributed by atoms with E-state index in [-0.39, 0.29) is 18.6 Å². The minimum absolute atomic E-state index is 0.0459. The third kappa shape index (κ3) is 4.03. The molecule has 11 heteroatoms. The molecule has 11 nitrogen and oxygen atoms in total. The largest absolute Gasteiger partial charge is 0.459 e. The summed E-state index contributed by atoms with van der Waals surface area (Å²) in [6.45, 7) is 10.4. The number of hydrogen-bond donors (Lipinski definition) is 1. The van der Waals surface area contributed by atoms with Crippen LogP contribution in [0.3, 0.4) is 0 Å². The molecule has 1 aromatic rings. The van der Waals surface area contributed by atoms with Crippen molar-refractivity contribution in [1.29, 1.82) is 0 Å². The fraction of sp³-hybridized carbons (Fsp3) is 0.692. The lowest BCUT2D eigenvalue weighted by molar-refractivity contribution is -0.344. The van der Waals surface area contributed by atoms with Crippen LogP contribution in [0.25, 0.3) is 0 Å². The smallest absolute Gasteiger partial charge is 0.374 e. The molecule has 0 aromatic carbocycles. The SMILES string of the molecule is CC(=O)O[C@H]1C[C@](C)(O)[C@]23OC(C)(C)[C@H](C[C@H](OC(=O)c4ccco4)[C@]2(C)[C@H]1OC(C)=O)[C@H]3OC(C)=O. The van der Waals surface area contributed by atoms with E-state index in [0.29, 0.717) is 0 Å². The normalized spacial score (nSPS) is 39.7. The predicted molar refractivity (Wildman–Crippen MR) is 124 cm³/mol. The minimum atomic E-state index is -1.79. The van der Waals surface area contributed by atoms with Crippen molar-refractivity contribution in [3.63, 3.8) is 0 Å².